The van der Waals surface area contributed by atoms with E-state index < -0.39 is 0 Å². The number of hydrogen-bond acceptors (Lipinski definition) is 5. The van der Waals surface area contributed by atoms with Crippen LogP contribution < -0.4 is 10.6 Å². The summed E-state index contributed by atoms with van der Waals surface area (Å²) in [6.07, 6.45) is 4.88. The molecule has 2 unspecified atom stereocenters. The summed E-state index contributed by atoms with van der Waals surface area (Å²) in [4.78, 5) is 19.0. The third kappa shape index (κ3) is 3.24. The molecule has 122 valence electrons. The Bertz CT molecular complexity index is 670. The van der Waals surface area contributed by atoms with E-state index in [2.05, 4.69) is 27.6 Å². The summed E-state index contributed by atoms with van der Waals surface area (Å²) < 4.78 is 1.10. The molecule has 1 aromatic heterocycles. The third-order valence-electron chi connectivity index (χ3n) is 5.00. The first-order valence-electron chi connectivity index (χ1n) is 8.29. The van der Waals surface area contributed by atoms with Crippen molar-refractivity contribution in [3.63, 3.8) is 0 Å². The predicted octanol–water partition coefficient (Wildman–Crippen LogP) is 2.45. The number of nitrogens with one attached hydrogen (secondary N) is 2. The molecular weight excluding hydrogens is 308 g/mol. The molecule has 1 aromatic carbocycles. The second-order valence-electron chi connectivity index (χ2n) is 6.71. The summed E-state index contributed by atoms with van der Waals surface area (Å²) >= 11 is 1.53. The van der Waals surface area contributed by atoms with Crippen molar-refractivity contribution in [2.24, 2.45) is 0 Å². The summed E-state index contributed by atoms with van der Waals surface area (Å²) in [6.45, 7) is 0.431. The first-order chi connectivity index (χ1) is 11.2. The topological polar surface area (TPSA) is 57.3 Å². The minimum Gasteiger partial charge on any atom is -0.311 e. The number of piperidine rings is 1. The van der Waals surface area contributed by atoms with Crippen LogP contribution in [0.15, 0.2) is 24.3 Å². The van der Waals surface area contributed by atoms with Crippen LogP contribution in [-0.4, -0.2) is 47.5 Å². The molecule has 0 aliphatic carbocycles. The van der Waals surface area contributed by atoms with Crippen LogP contribution in [0.4, 0.5) is 5.13 Å². The molecule has 2 bridgehead atoms. The second kappa shape index (κ2) is 6.19. The number of fused-ring (bicyclic) bond motifs is 3. The lowest BCUT2D eigenvalue weighted by molar-refractivity contribution is -0.117. The Morgan fingerprint density at radius 1 is 1.35 bits per heavy atom. The van der Waals surface area contributed by atoms with Crippen LogP contribution in [0, 0.1) is 0 Å². The number of hydrogen-bond donors (Lipinski definition) is 2. The standard InChI is InChI=1S/C17H22N4OS/c1-21(13-8-11-6-7-12(9-13)18-11)10-16(22)20-17-19-14-4-2-3-5-15(14)23-17/h2-5,11-13,18H,6-10H2,1H3,(H,19,20,22). The van der Waals surface area contributed by atoms with E-state index in [1.807, 2.05) is 24.3 Å². The van der Waals surface area contributed by atoms with Gasteiger partial charge < -0.3 is 10.6 Å². The van der Waals surface area contributed by atoms with Gasteiger partial charge in [-0.05, 0) is 44.9 Å². The molecule has 2 N–H and O–H groups in total. The van der Waals surface area contributed by atoms with Gasteiger partial charge in [-0.3, -0.25) is 9.69 Å². The zero-order chi connectivity index (χ0) is 15.8. The fraction of sp³-hybridized carbons (Fsp3) is 0.529. The average Bonchev–Trinajstić information content (AvgIpc) is 3.08. The first-order valence-corrected chi connectivity index (χ1v) is 9.11. The SMILES string of the molecule is CN(CC(=O)Nc1nc2ccccc2s1)C1CC2CCC(C1)N2. The van der Waals surface area contributed by atoms with E-state index in [0.29, 0.717) is 29.8 Å². The Morgan fingerprint density at radius 3 is 2.83 bits per heavy atom. The van der Waals surface area contributed by atoms with Gasteiger partial charge in [-0.1, -0.05) is 23.5 Å². The van der Waals surface area contributed by atoms with E-state index >= 15 is 0 Å². The molecule has 0 radical (unpaired) electrons. The van der Waals surface area contributed by atoms with Crippen LogP contribution in [0.25, 0.3) is 10.2 Å². The van der Waals surface area contributed by atoms with Crippen LogP contribution in [0.3, 0.4) is 0 Å². The Hall–Kier alpha value is -1.50. The van der Waals surface area contributed by atoms with Gasteiger partial charge in [0.25, 0.3) is 0 Å². The molecule has 3 heterocycles. The molecular formula is C17H22N4OS. The van der Waals surface area contributed by atoms with E-state index in [4.69, 9.17) is 0 Å². The fourth-order valence-electron chi connectivity index (χ4n) is 3.83. The van der Waals surface area contributed by atoms with Crippen molar-refractivity contribution < 1.29 is 4.79 Å². The Labute approximate surface area is 140 Å². The molecule has 0 saturated carbocycles. The van der Waals surface area contributed by atoms with Gasteiger partial charge in [-0.15, -0.1) is 0 Å². The lowest BCUT2D eigenvalue weighted by atomic mass is 9.98. The average molecular weight is 330 g/mol. The molecule has 2 atom stereocenters. The van der Waals surface area contributed by atoms with Gasteiger partial charge in [0.15, 0.2) is 5.13 Å². The summed E-state index contributed by atoms with van der Waals surface area (Å²) in [5.74, 6) is 0.0254. The lowest BCUT2D eigenvalue weighted by Crippen LogP contribution is -2.48. The number of likely N-dealkylation sites (N-methyl/N-ethyl adjacent to an activating group) is 1. The Balaban J connectivity index is 1.35. The summed E-state index contributed by atoms with van der Waals surface area (Å²) in [7, 11) is 2.06. The van der Waals surface area contributed by atoms with Crippen molar-refractivity contribution in [3.05, 3.63) is 24.3 Å². The molecule has 6 heteroatoms. The Morgan fingerprint density at radius 2 is 2.09 bits per heavy atom. The highest BCUT2D eigenvalue weighted by atomic mass is 32.1. The monoisotopic (exact) mass is 330 g/mol. The highest BCUT2D eigenvalue weighted by molar-refractivity contribution is 7.22. The third-order valence-corrected chi connectivity index (χ3v) is 5.96. The van der Waals surface area contributed by atoms with Gasteiger partial charge in [0.2, 0.25) is 5.91 Å². The number of nitrogens with zero attached hydrogens (tertiary/aromatic N) is 2. The maximum atomic E-state index is 12.3. The zero-order valence-corrected chi connectivity index (χ0v) is 14.1. The second-order valence-corrected chi connectivity index (χ2v) is 7.74. The van der Waals surface area contributed by atoms with Crippen molar-refractivity contribution in [3.8, 4) is 0 Å². The van der Waals surface area contributed by atoms with Crippen LogP contribution in [0.2, 0.25) is 0 Å². The first kappa shape index (κ1) is 15.1. The molecule has 0 spiro atoms. The number of rotatable bonds is 4. The van der Waals surface area contributed by atoms with Crippen molar-refractivity contribution in [2.45, 2.75) is 43.8 Å². The number of amides is 1. The summed E-state index contributed by atoms with van der Waals surface area (Å²) in [5, 5.41) is 7.29. The van der Waals surface area contributed by atoms with Crippen molar-refractivity contribution in [1.82, 2.24) is 15.2 Å². The van der Waals surface area contributed by atoms with E-state index in [1.165, 1.54) is 24.2 Å². The van der Waals surface area contributed by atoms with Gasteiger partial charge in [0.05, 0.1) is 16.8 Å². The number of carbonyl (C=O) groups excluding carboxylic acids is 1. The van der Waals surface area contributed by atoms with Crippen LogP contribution >= 0.6 is 11.3 Å². The predicted molar refractivity (Wildman–Crippen MR) is 93.8 cm³/mol. The normalized spacial score (nSPS) is 26.8. The van der Waals surface area contributed by atoms with Crippen LogP contribution in [0.5, 0.6) is 0 Å². The molecule has 23 heavy (non-hydrogen) atoms. The van der Waals surface area contributed by atoms with Crippen LogP contribution in [-0.2, 0) is 4.79 Å². The highest BCUT2D eigenvalue weighted by Crippen LogP contribution is 2.29. The van der Waals surface area contributed by atoms with Gasteiger partial charge in [0, 0.05) is 18.1 Å². The van der Waals surface area contributed by atoms with E-state index in [9.17, 15) is 4.79 Å². The maximum Gasteiger partial charge on any atom is 0.240 e. The smallest absolute Gasteiger partial charge is 0.240 e. The number of anilines is 1. The Kier molecular flexibility index (Phi) is 4.05. The fourth-order valence-corrected chi connectivity index (χ4v) is 4.71. The minimum atomic E-state index is 0.0254. The zero-order valence-electron chi connectivity index (χ0n) is 13.3. The van der Waals surface area contributed by atoms with E-state index in [-0.39, 0.29) is 5.91 Å². The molecule has 2 aliphatic heterocycles. The van der Waals surface area contributed by atoms with E-state index in [1.54, 1.807) is 0 Å². The molecule has 2 saturated heterocycles. The lowest BCUT2D eigenvalue weighted by Gasteiger charge is -2.35. The highest BCUT2D eigenvalue weighted by Gasteiger charge is 2.35. The summed E-state index contributed by atoms with van der Waals surface area (Å²) in [6, 6.07) is 9.76. The molecule has 2 aliphatic rings. The van der Waals surface area contributed by atoms with Gasteiger partial charge in [-0.2, -0.15) is 0 Å². The molecule has 5 nitrogen and oxygen atoms in total. The van der Waals surface area contributed by atoms with Crippen molar-refractivity contribution >= 4 is 32.6 Å². The number of benzene rings is 1. The quantitative estimate of drug-likeness (QED) is 0.904. The number of aromatic nitrogens is 1. The number of carbonyl (C=O) groups is 1. The number of thiazole rings is 1. The van der Waals surface area contributed by atoms with Gasteiger partial charge >= 0.3 is 0 Å². The molecule has 4 rings (SSSR count). The summed E-state index contributed by atoms with van der Waals surface area (Å²) in [5.41, 5.74) is 0.941. The van der Waals surface area contributed by atoms with E-state index in [0.717, 1.165) is 23.1 Å². The van der Waals surface area contributed by atoms with Gasteiger partial charge in [-0.25, -0.2) is 4.98 Å². The van der Waals surface area contributed by atoms with Crippen molar-refractivity contribution in [2.75, 3.05) is 18.9 Å². The van der Waals surface area contributed by atoms with Crippen molar-refractivity contribution in [1.29, 1.82) is 0 Å². The van der Waals surface area contributed by atoms with Crippen LogP contribution in [0.1, 0.15) is 25.7 Å². The maximum absolute atomic E-state index is 12.3. The molecule has 2 aromatic rings. The number of para-hydroxylation sites is 1. The van der Waals surface area contributed by atoms with Gasteiger partial charge in [0.1, 0.15) is 0 Å². The minimum absolute atomic E-state index is 0.0254. The largest absolute Gasteiger partial charge is 0.311 e. The molecule has 1 amide bonds. The molecule has 2 fully saturated rings.